The maximum Gasteiger partial charge on any atom is 0.193 e. The van der Waals surface area contributed by atoms with Crippen molar-refractivity contribution in [3.05, 3.63) is 65.7 Å². The number of rotatable bonds is 11. The van der Waals surface area contributed by atoms with Gasteiger partial charge in [0.25, 0.3) is 0 Å². The molecule has 0 heterocycles. The number of carbonyl (C=O) groups excluding carboxylic acids is 1. The molecule has 0 saturated carbocycles. The van der Waals surface area contributed by atoms with E-state index < -0.39 is 0 Å². The number of unbranched alkanes of at least 4 members (excludes halogenated alkanes) is 5. The van der Waals surface area contributed by atoms with E-state index in [0.717, 1.165) is 29.1 Å². The molecule has 0 fully saturated rings. The zero-order valence-corrected chi connectivity index (χ0v) is 15.1. The third kappa shape index (κ3) is 6.40. The minimum Gasteiger partial charge on any atom is -0.385 e. The molecule has 1 N–H and O–H groups in total. The van der Waals surface area contributed by atoms with Crippen molar-refractivity contribution >= 4 is 24.1 Å². The van der Waals surface area contributed by atoms with Crippen molar-refractivity contribution in [2.45, 2.75) is 38.5 Å². The maximum atomic E-state index is 12.3. The molecule has 2 aromatic rings. The van der Waals surface area contributed by atoms with Gasteiger partial charge in [-0.15, -0.1) is 0 Å². The lowest BCUT2D eigenvalue weighted by atomic mass is 10.0. The summed E-state index contributed by atoms with van der Waals surface area (Å²) in [7, 11) is 0. The first-order chi connectivity index (χ1) is 11.8. The lowest BCUT2D eigenvalue weighted by Gasteiger charge is -2.07. The zero-order valence-electron chi connectivity index (χ0n) is 14.2. The molecule has 24 heavy (non-hydrogen) atoms. The third-order valence-corrected chi connectivity index (χ3v) is 4.41. The van der Waals surface area contributed by atoms with Crippen LogP contribution < -0.4 is 5.32 Å². The monoisotopic (exact) mass is 341 g/mol. The molecule has 2 aromatic carbocycles. The third-order valence-electron chi connectivity index (χ3n) is 4.10. The topological polar surface area (TPSA) is 29.1 Å². The van der Waals surface area contributed by atoms with Gasteiger partial charge in [-0.2, -0.15) is 12.6 Å². The molecule has 2 nitrogen and oxygen atoms in total. The van der Waals surface area contributed by atoms with Crippen LogP contribution in [0.1, 0.15) is 54.4 Å². The van der Waals surface area contributed by atoms with Crippen LogP contribution in [-0.4, -0.2) is 18.1 Å². The predicted octanol–water partition coefficient (Wildman–Crippen LogP) is 5.60. The zero-order chi connectivity index (χ0) is 17.0. The molecule has 0 atom stereocenters. The largest absolute Gasteiger partial charge is 0.385 e. The molecule has 0 amide bonds. The molecule has 0 aliphatic carbocycles. The summed E-state index contributed by atoms with van der Waals surface area (Å²) in [4.78, 5) is 12.3. The molecule has 128 valence electrons. The van der Waals surface area contributed by atoms with Gasteiger partial charge in [0, 0.05) is 23.4 Å². The van der Waals surface area contributed by atoms with E-state index in [1.807, 2.05) is 54.6 Å². The summed E-state index contributed by atoms with van der Waals surface area (Å²) in [6.07, 6.45) is 7.61. The Kier molecular flexibility index (Phi) is 8.47. The van der Waals surface area contributed by atoms with Crippen molar-refractivity contribution in [2.24, 2.45) is 0 Å². The van der Waals surface area contributed by atoms with Gasteiger partial charge in [0.1, 0.15) is 0 Å². The number of anilines is 1. The Morgan fingerprint density at radius 1 is 0.750 bits per heavy atom. The maximum absolute atomic E-state index is 12.3. The first-order valence-corrected chi connectivity index (χ1v) is 9.49. The Hall–Kier alpha value is -1.74. The van der Waals surface area contributed by atoms with Crippen LogP contribution in [0.25, 0.3) is 0 Å². The second kappa shape index (κ2) is 10.9. The van der Waals surface area contributed by atoms with Crippen LogP contribution in [0.5, 0.6) is 0 Å². The molecule has 0 unspecified atom stereocenters. The highest BCUT2D eigenvalue weighted by molar-refractivity contribution is 7.80. The summed E-state index contributed by atoms with van der Waals surface area (Å²) in [5, 5.41) is 3.43. The molecule has 0 aliphatic rings. The second-order valence-electron chi connectivity index (χ2n) is 6.04. The van der Waals surface area contributed by atoms with Crippen LogP contribution in [0.15, 0.2) is 54.6 Å². The minimum absolute atomic E-state index is 0.0726. The summed E-state index contributed by atoms with van der Waals surface area (Å²) in [6.45, 7) is 0.985. The van der Waals surface area contributed by atoms with E-state index in [2.05, 4.69) is 17.9 Å². The van der Waals surface area contributed by atoms with Gasteiger partial charge in [0.2, 0.25) is 0 Å². The van der Waals surface area contributed by atoms with Crippen molar-refractivity contribution in [1.82, 2.24) is 0 Å². The fraction of sp³-hybridized carbons (Fsp3) is 0.381. The Balaban J connectivity index is 1.70. The molecular formula is C21H27NOS. The summed E-state index contributed by atoms with van der Waals surface area (Å²) >= 11 is 4.23. The molecule has 0 spiro atoms. The fourth-order valence-corrected chi connectivity index (χ4v) is 2.90. The van der Waals surface area contributed by atoms with Crippen molar-refractivity contribution in [2.75, 3.05) is 17.6 Å². The van der Waals surface area contributed by atoms with Gasteiger partial charge in [-0.1, -0.05) is 56.0 Å². The van der Waals surface area contributed by atoms with Crippen LogP contribution >= 0.6 is 12.6 Å². The molecular weight excluding hydrogens is 314 g/mol. The summed E-state index contributed by atoms with van der Waals surface area (Å²) in [5.74, 6) is 1.08. The van der Waals surface area contributed by atoms with E-state index >= 15 is 0 Å². The number of carbonyl (C=O) groups is 1. The van der Waals surface area contributed by atoms with Crippen LogP contribution in [0.2, 0.25) is 0 Å². The number of hydrogen-bond donors (Lipinski definition) is 2. The van der Waals surface area contributed by atoms with Gasteiger partial charge in [-0.05, 0) is 42.9 Å². The number of ketones is 1. The van der Waals surface area contributed by atoms with Crippen molar-refractivity contribution in [1.29, 1.82) is 0 Å². The lowest BCUT2D eigenvalue weighted by molar-refractivity contribution is 0.103. The Labute approximate surface area is 151 Å². The quantitative estimate of drug-likeness (QED) is 0.316. The number of hydrogen-bond acceptors (Lipinski definition) is 3. The van der Waals surface area contributed by atoms with Crippen molar-refractivity contribution in [3.63, 3.8) is 0 Å². The molecule has 2 rings (SSSR count). The average molecular weight is 342 g/mol. The number of thiol groups is 1. The van der Waals surface area contributed by atoms with Crippen molar-refractivity contribution < 1.29 is 4.79 Å². The Bertz CT molecular complexity index is 595. The first kappa shape index (κ1) is 18.6. The Morgan fingerprint density at radius 2 is 1.33 bits per heavy atom. The summed E-state index contributed by atoms with van der Waals surface area (Å²) in [6, 6.07) is 17.2. The number of nitrogens with one attached hydrogen (secondary N) is 1. The van der Waals surface area contributed by atoms with Gasteiger partial charge >= 0.3 is 0 Å². The van der Waals surface area contributed by atoms with Crippen molar-refractivity contribution in [3.8, 4) is 0 Å². The summed E-state index contributed by atoms with van der Waals surface area (Å²) < 4.78 is 0. The fourth-order valence-electron chi connectivity index (χ4n) is 2.67. The second-order valence-corrected chi connectivity index (χ2v) is 6.49. The number of benzene rings is 2. The normalized spacial score (nSPS) is 10.5. The standard InChI is InChI=1S/C21H27NOS/c23-21(18-10-6-5-7-11-18)19-12-14-20(15-13-19)22-16-8-3-1-2-4-9-17-24/h5-7,10-15,22,24H,1-4,8-9,16-17H2. The molecule has 0 aliphatic heterocycles. The molecule has 3 heteroatoms. The van der Waals surface area contributed by atoms with Crippen LogP contribution in [0.4, 0.5) is 5.69 Å². The molecule has 0 bridgehead atoms. The van der Waals surface area contributed by atoms with E-state index in [9.17, 15) is 4.79 Å². The van der Waals surface area contributed by atoms with E-state index in [0.29, 0.717) is 0 Å². The highest BCUT2D eigenvalue weighted by atomic mass is 32.1. The Morgan fingerprint density at radius 3 is 2.00 bits per heavy atom. The van der Waals surface area contributed by atoms with E-state index in [4.69, 9.17) is 0 Å². The minimum atomic E-state index is 0.0726. The first-order valence-electron chi connectivity index (χ1n) is 8.86. The molecule has 0 saturated heterocycles. The van der Waals surface area contributed by atoms with Crippen LogP contribution in [-0.2, 0) is 0 Å². The average Bonchev–Trinajstić information content (AvgIpc) is 2.64. The predicted molar refractivity (Wildman–Crippen MR) is 106 cm³/mol. The highest BCUT2D eigenvalue weighted by Crippen LogP contribution is 2.14. The highest BCUT2D eigenvalue weighted by Gasteiger charge is 2.07. The summed E-state index contributed by atoms with van der Waals surface area (Å²) in [5.41, 5.74) is 2.54. The smallest absolute Gasteiger partial charge is 0.193 e. The van der Waals surface area contributed by atoms with E-state index in [1.54, 1.807) is 0 Å². The van der Waals surface area contributed by atoms with Gasteiger partial charge in [0.15, 0.2) is 5.78 Å². The SMILES string of the molecule is O=C(c1ccccc1)c1ccc(NCCCCCCCCS)cc1. The van der Waals surface area contributed by atoms with Gasteiger partial charge in [-0.3, -0.25) is 4.79 Å². The van der Waals surface area contributed by atoms with Gasteiger partial charge in [-0.25, -0.2) is 0 Å². The van der Waals surface area contributed by atoms with E-state index in [1.165, 1.54) is 38.5 Å². The van der Waals surface area contributed by atoms with Gasteiger partial charge in [0.05, 0.1) is 0 Å². The molecule has 0 radical (unpaired) electrons. The van der Waals surface area contributed by atoms with E-state index in [-0.39, 0.29) is 5.78 Å². The molecule has 0 aromatic heterocycles. The van der Waals surface area contributed by atoms with Crippen LogP contribution in [0.3, 0.4) is 0 Å². The van der Waals surface area contributed by atoms with Crippen LogP contribution in [0, 0.1) is 0 Å². The lowest BCUT2D eigenvalue weighted by Crippen LogP contribution is -2.03. The van der Waals surface area contributed by atoms with Gasteiger partial charge < -0.3 is 5.32 Å².